The molecule has 0 radical (unpaired) electrons. The summed E-state index contributed by atoms with van der Waals surface area (Å²) in [5, 5.41) is 3.00. The zero-order chi connectivity index (χ0) is 21.6. The van der Waals surface area contributed by atoms with E-state index in [0.29, 0.717) is 24.5 Å². The third-order valence-corrected chi connectivity index (χ3v) is 5.27. The van der Waals surface area contributed by atoms with Crippen molar-refractivity contribution in [3.8, 4) is 17.1 Å². The van der Waals surface area contributed by atoms with E-state index in [-0.39, 0.29) is 17.6 Å². The van der Waals surface area contributed by atoms with E-state index in [4.69, 9.17) is 4.74 Å². The van der Waals surface area contributed by atoms with Crippen LogP contribution in [0.5, 0.6) is 5.75 Å². The highest BCUT2D eigenvalue weighted by atomic mass is 19.1. The highest BCUT2D eigenvalue weighted by Crippen LogP contribution is 2.25. The second-order valence-corrected chi connectivity index (χ2v) is 7.48. The minimum Gasteiger partial charge on any atom is -0.494 e. The summed E-state index contributed by atoms with van der Waals surface area (Å²) in [7, 11) is 0. The topological polar surface area (TPSA) is 67.3 Å². The van der Waals surface area contributed by atoms with E-state index in [9.17, 15) is 9.18 Å². The van der Waals surface area contributed by atoms with E-state index in [1.54, 1.807) is 18.3 Å². The number of amides is 1. The van der Waals surface area contributed by atoms with Crippen molar-refractivity contribution in [3.63, 3.8) is 0 Å². The van der Waals surface area contributed by atoms with Gasteiger partial charge in [0.1, 0.15) is 17.4 Å². The summed E-state index contributed by atoms with van der Waals surface area (Å²) in [6.07, 6.45) is 3.38. The summed E-state index contributed by atoms with van der Waals surface area (Å²) >= 11 is 0. The molecule has 3 aromatic rings. The lowest BCUT2D eigenvalue weighted by Crippen LogP contribution is -2.41. The number of anilines is 2. The second kappa shape index (κ2) is 9.55. The van der Waals surface area contributed by atoms with Crippen molar-refractivity contribution in [1.29, 1.82) is 0 Å². The van der Waals surface area contributed by atoms with Gasteiger partial charge in [0, 0.05) is 30.5 Å². The summed E-state index contributed by atoms with van der Waals surface area (Å²) in [5.74, 6) is 1.52. The van der Waals surface area contributed by atoms with Crippen molar-refractivity contribution in [2.45, 2.75) is 19.8 Å². The van der Waals surface area contributed by atoms with Crippen LogP contribution in [0.15, 0.2) is 60.8 Å². The number of piperidine rings is 1. The number of aromatic nitrogens is 2. The van der Waals surface area contributed by atoms with E-state index in [1.165, 1.54) is 12.1 Å². The molecular formula is C24H25FN4O2. The number of hydrogen-bond donors (Lipinski definition) is 1. The molecule has 1 atom stereocenters. The Labute approximate surface area is 181 Å². The minimum absolute atomic E-state index is 0.00623. The zero-order valence-corrected chi connectivity index (χ0v) is 17.4. The van der Waals surface area contributed by atoms with Crippen molar-refractivity contribution >= 4 is 17.4 Å². The monoisotopic (exact) mass is 420 g/mol. The van der Waals surface area contributed by atoms with Gasteiger partial charge in [-0.25, -0.2) is 14.4 Å². The lowest BCUT2D eigenvalue weighted by atomic mass is 9.97. The van der Waals surface area contributed by atoms with E-state index < -0.39 is 0 Å². The SMILES string of the molecule is CCOc1ccc(NC(=O)[C@@H]2CCCN(c3ccnc(-c4cccc(F)c4)n3)C2)cc1. The Bertz CT molecular complexity index is 1040. The molecule has 6 nitrogen and oxygen atoms in total. The van der Waals surface area contributed by atoms with Crippen molar-refractivity contribution in [2.75, 3.05) is 29.9 Å². The first-order valence-corrected chi connectivity index (χ1v) is 10.5. The molecule has 31 heavy (non-hydrogen) atoms. The predicted octanol–water partition coefficient (Wildman–Crippen LogP) is 4.54. The Kier molecular flexibility index (Phi) is 6.40. The number of nitrogens with zero attached hydrogens (tertiary/aromatic N) is 3. The molecule has 0 saturated carbocycles. The van der Waals surface area contributed by atoms with Crippen LogP contribution in [0.4, 0.5) is 15.9 Å². The maximum atomic E-state index is 13.6. The fraction of sp³-hybridized carbons (Fsp3) is 0.292. The number of carbonyl (C=O) groups excluding carboxylic acids is 1. The second-order valence-electron chi connectivity index (χ2n) is 7.48. The van der Waals surface area contributed by atoms with Gasteiger partial charge in [-0.1, -0.05) is 12.1 Å². The van der Waals surface area contributed by atoms with Gasteiger partial charge in [-0.3, -0.25) is 4.79 Å². The van der Waals surface area contributed by atoms with Crippen LogP contribution in [0, 0.1) is 11.7 Å². The summed E-state index contributed by atoms with van der Waals surface area (Å²) in [5.41, 5.74) is 1.38. The molecule has 1 aromatic heterocycles. The maximum absolute atomic E-state index is 13.6. The van der Waals surface area contributed by atoms with E-state index >= 15 is 0 Å². The van der Waals surface area contributed by atoms with Crippen LogP contribution in [-0.4, -0.2) is 35.6 Å². The van der Waals surface area contributed by atoms with E-state index in [0.717, 1.165) is 36.6 Å². The van der Waals surface area contributed by atoms with Gasteiger partial charge in [-0.2, -0.15) is 0 Å². The minimum atomic E-state index is -0.324. The molecule has 1 aliphatic heterocycles. The fourth-order valence-corrected chi connectivity index (χ4v) is 3.74. The molecule has 1 fully saturated rings. The molecule has 0 spiro atoms. The molecule has 1 amide bonds. The van der Waals surface area contributed by atoms with Gasteiger partial charge in [0.25, 0.3) is 0 Å². The van der Waals surface area contributed by atoms with Crippen LogP contribution in [0.3, 0.4) is 0 Å². The number of hydrogen-bond acceptors (Lipinski definition) is 5. The average molecular weight is 420 g/mol. The number of halogens is 1. The van der Waals surface area contributed by atoms with Crippen LogP contribution < -0.4 is 15.0 Å². The van der Waals surface area contributed by atoms with Crippen molar-refractivity contribution in [3.05, 3.63) is 66.6 Å². The van der Waals surface area contributed by atoms with Crippen LogP contribution >= 0.6 is 0 Å². The Balaban J connectivity index is 1.43. The Hall–Kier alpha value is -3.48. The highest BCUT2D eigenvalue weighted by molar-refractivity contribution is 5.93. The van der Waals surface area contributed by atoms with Gasteiger partial charge in [0.15, 0.2) is 5.82 Å². The van der Waals surface area contributed by atoms with E-state index in [2.05, 4.69) is 20.2 Å². The third kappa shape index (κ3) is 5.17. The summed E-state index contributed by atoms with van der Waals surface area (Å²) < 4.78 is 19.0. The molecule has 0 bridgehead atoms. The van der Waals surface area contributed by atoms with Crippen LogP contribution in [0.2, 0.25) is 0 Å². The molecule has 1 aliphatic rings. The summed E-state index contributed by atoms with van der Waals surface area (Å²) in [4.78, 5) is 23.8. The quantitative estimate of drug-likeness (QED) is 0.634. The summed E-state index contributed by atoms with van der Waals surface area (Å²) in [6.45, 7) is 3.92. The largest absolute Gasteiger partial charge is 0.494 e. The molecule has 0 aliphatic carbocycles. The van der Waals surface area contributed by atoms with Gasteiger partial charge >= 0.3 is 0 Å². The zero-order valence-electron chi connectivity index (χ0n) is 17.4. The number of nitrogens with one attached hydrogen (secondary N) is 1. The Morgan fingerprint density at radius 1 is 1.23 bits per heavy atom. The molecule has 1 saturated heterocycles. The standard InChI is InChI=1S/C24H25FN4O2/c1-2-31-21-10-8-20(9-11-21)27-24(30)18-6-4-14-29(16-18)22-12-13-26-23(28-22)17-5-3-7-19(25)15-17/h3,5,7-13,15,18H,2,4,6,14,16H2,1H3,(H,27,30)/t18-/m1/s1. The van der Waals surface area contributed by atoms with Gasteiger partial charge in [-0.05, 0) is 62.2 Å². The third-order valence-electron chi connectivity index (χ3n) is 5.27. The van der Waals surface area contributed by atoms with Crippen molar-refractivity contribution < 1.29 is 13.9 Å². The molecule has 1 N–H and O–H groups in total. The van der Waals surface area contributed by atoms with Crippen LogP contribution in [-0.2, 0) is 4.79 Å². The maximum Gasteiger partial charge on any atom is 0.229 e. The molecular weight excluding hydrogens is 395 g/mol. The molecule has 160 valence electrons. The van der Waals surface area contributed by atoms with Crippen LogP contribution in [0.25, 0.3) is 11.4 Å². The fourth-order valence-electron chi connectivity index (χ4n) is 3.74. The smallest absolute Gasteiger partial charge is 0.229 e. The summed E-state index contributed by atoms with van der Waals surface area (Å²) in [6, 6.07) is 15.5. The normalized spacial score (nSPS) is 16.1. The lowest BCUT2D eigenvalue weighted by Gasteiger charge is -2.33. The van der Waals surface area contributed by atoms with Gasteiger partial charge in [-0.15, -0.1) is 0 Å². The van der Waals surface area contributed by atoms with Gasteiger partial charge < -0.3 is 15.0 Å². The lowest BCUT2D eigenvalue weighted by molar-refractivity contribution is -0.120. The number of benzene rings is 2. The Morgan fingerprint density at radius 3 is 2.84 bits per heavy atom. The molecule has 0 unspecified atom stereocenters. The van der Waals surface area contributed by atoms with Gasteiger partial charge in [0.05, 0.1) is 12.5 Å². The molecule has 7 heteroatoms. The average Bonchev–Trinajstić information content (AvgIpc) is 2.81. The first kappa shape index (κ1) is 20.8. The molecule has 4 rings (SSSR count). The molecule has 2 aromatic carbocycles. The number of ether oxygens (including phenoxy) is 1. The predicted molar refractivity (Wildman–Crippen MR) is 119 cm³/mol. The number of rotatable bonds is 6. The Morgan fingerprint density at radius 2 is 2.06 bits per heavy atom. The first-order valence-electron chi connectivity index (χ1n) is 10.5. The molecule has 2 heterocycles. The van der Waals surface area contributed by atoms with Crippen LogP contribution in [0.1, 0.15) is 19.8 Å². The first-order chi connectivity index (χ1) is 15.1. The number of carbonyl (C=O) groups is 1. The van der Waals surface area contributed by atoms with Gasteiger partial charge in [0.2, 0.25) is 5.91 Å². The van der Waals surface area contributed by atoms with E-state index in [1.807, 2.05) is 37.3 Å². The van der Waals surface area contributed by atoms with Crippen molar-refractivity contribution in [2.24, 2.45) is 5.92 Å². The van der Waals surface area contributed by atoms with Crippen molar-refractivity contribution in [1.82, 2.24) is 9.97 Å². The highest BCUT2D eigenvalue weighted by Gasteiger charge is 2.27.